The Morgan fingerprint density at radius 2 is 2.12 bits per heavy atom. The highest BCUT2D eigenvalue weighted by molar-refractivity contribution is 6.31. The average molecular weight is 260 g/mol. The number of nitrogens with one attached hydrogen (secondary N) is 1. The first kappa shape index (κ1) is 14.5. The highest BCUT2D eigenvalue weighted by Gasteiger charge is 2.11. The quantitative estimate of drug-likeness (QED) is 0.701. The van der Waals surface area contributed by atoms with Crippen molar-refractivity contribution in [1.82, 2.24) is 15.1 Å². The number of aryl methyl sites for hydroxylation is 2. The van der Waals surface area contributed by atoms with Gasteiger partial charge >= 0.3 is 0 Å². The van der Waals surface area contributed by atoms with Crippen molar-refractivity contribution in [3.8, 4) is 0 Å². The third-order valence-electron chi connectivity index (χ3n) is 2.81. The summed E-state index contributed by atoms with van der Waals surface area (Å²) < 4.78 is 1.85. The molecule has 98 valence electrons. The van der Waals surface area contributed by atoms with Crippen molar-refractivity contribution in [2.75, 3.05) is 13.2 Å². The zero-order valence-electron chi connectivity index (χ0n) is 10.7. The lowest BCUT2D eigenvalue weighted by atomic mass is 10.2. The van der Waals surface area contributed by atoms with E-state index in [0.29, 0.717) is 0 Å². The number of hydrogen-bond acceptors (Lipinski definition) is 3. The van der Waals surface area contributed by atoms with Crippen LogP contribution in [0.3, 0.4) is 0 Å². The summed E-state index contributed by atoms with van der Waals surface area (Å²) in [5.41, 5.74) is 2.01. The number of nitrogens with zero attached hydrogens (tertiary/aromatic N) is 2. The second-order valence-corrected chi connectivity index (χ2v) is 4.52. The molecule has 0 aliphatic carbocycles. The molecule has 0 saturated heterocycles. The van der Waals surface area contributed by atoms with E-state index in [4.69, 9.17) is 16.7 Å². The molecule has 0 aromatic carbocycles. The molecule has 1 heterocycles. The lowest BCUT2D eigenvalue weighted by Gasteiger charge is -2.05. The molecule has 1 aromatic rings. The van der Waals surface area contributed by atoms with E-state index < -0.39 is 0 Å². The van der Waals surface area contributed by atoms with Crippen LogP contribution in [-0.4, -0.2) is 28.0 Å². The zero-order chi connectivity index (χ0) is 12.7. The van der Waals surface area contributed by atoms with E-state index in [0.717, 1.165) is 55.2 Å². The third-order valence-corrected chi connectivity index (χ3v) is 3.24. The summed E-state index contributed by atoms with van der Waals surface area (Å²) in [4.78, 5) is 0. The van der Waals surface area contributed by atoms with E-state index in [1.807, 2.05) is 11.7 Å². The van der Waals surface area contributed by atoms with Gasteiger partial charge in [0.25, 0.3) is 0 Å². The van der Waals surface area contributed by atoms with Crippen molar-refractivity contribution < 1.29 is 5.11 Å². The van der Waals surface area contributed by atoms with Crippen LogP contribution in [0.5, 0.6) is 0 Å². The molecule has 17 heavy (non-hydrogen) atoms. The summed E-state index contributed by atoms with van der Waals surface area (Å²) in [6.45, 7) is 4.04. The van der Waals surface area contributed by atoms with Gasteiger partial charge in [-0.05, 0) is 32.2 Å². The fraction of sp³-hybridized carbons (Fsp3) is 0.750. The lowest BCUT2D eigenvalue weighted by molar-refractivity contribution is 0.283. The standard InChI is InChI=1S/C12H22ClN3O/c1-3-10-12(13)11(16(2)15-10)9-14-7-5-4-6-8-17/h14,17H,3-9H2,1-2H3. The predicted molar refractivity (Wildman–Crippen MR) is 70.2 cm³/mol. The molecule has 2 N–H and O–H groups in total. The summed E-state index contributed by atoms with van der Waals surface area (Å²) in [6, 6.07) is 0. The Labute approximate surface area is 108 Å². The Kier molecular flexibility index (Phi) is 6.55. The van der Waals surface area contributed by atoms with Crippen LogP contribution in [0, 0.1) is 0 Å². The Hall–Kier alpha value is -0.580. The molecular formula is C12H22ClN3O. The second kappa shape index (κ2) is 7.69. The van der Waals surface area contributed by atoms with Gasteiger partial charge in [-0.15, -0.1) is 0 Å². The van der Waals surface area contributed by atoms with Crippen LogP contribution in [-0.2, 0) is 20.0 Å². The molecule has 1 aromatic heterocycles. The van der Waals surface area contributed by atoms with Crippen molar-refractivity contribution in [2.24, 2.45) is 7.05 Å². The van der Waals surface area contributed by atoms with Gasteiger partial charge in [-0.3, -0.25) is 4.68 Å². The van der Waals surface area contributed by atoms with Gasteiger partial charge in [-0.25, -0.2) is 0 Å². The number of aliphatic hydroxyl groups excluding tert-OH is 1. The van der Waals surface area contributed by atoms with E-state index in [2.05, 4.69) is 17.3 Å². The molecule has 0 bridgehead atoms. The van der Waals surface area contributed by atoms with Crippen molar-refractivity contribution >= 4 is 11.6 Å². The van der Waals surface area contributed by atoms with E-state index in [1.165, 1.54) is 0 Å². The fourth-order valence-corrected chi connectivity index (χ4v) is 2.12. The molecule has 1 rings (SSSR count). The van der Waals surface area contributed by atoms with Crippen LogP contribution in [0.4, 0.5) is 0 Å². The first-order chi connectivity index (χ1) is 8.20. The van der Waals surface area contributed by atoms with Crippen LogP contribution in [0.15, 0.2) is 0 Å². The number of hydrogen-bond donors (Lipinski definition) is 2. The van der Waals surface area contributed by atoms with Gasteiger partial charge in [0.15, 0.2) is 0 Å². The highest BCUT2D eigenvalue weighted by atomic mass is 35.5. The summed E-state index contributed by atoms with van der Waals surface area (Å²) in [7, 11) is 1.92. The maximum Gasteiger partial charge on any atom is 0.0863 e. The maximum atomic E-state index is 8.65. The van der Waals surface area contributed by atoms with Gasteiger partial charge in [0.2, 0.25) is 0 Å². The molecule has 5 heteroatoms. The SMILES string of the molecule is CCc1nn(C)c(CNCCCCCO)c1Cl. The summed E-state index contributed by atoms with van der Waals surface area (Å²) >= 11 is 6.24. The van der Waals surface area contributed by atoms with Gasteiger partial charge in [0.1, 0.15) is 0 Å². The summed E-state index contributed by atoms with van der Waals surface area (Å²) in [5, 5.41) is 17.2. The van der Waals surface area contributed by atoms with Gasteiger partial charge in [0, 0.05) is 20.2 Å². The minimum Gasteiger partial charge on any atom is -0.396 e. The number of rotatable bonds is 8. The van der Waals surface area contributed by atoms with Crippen molar-refractivity contribution in [3.05, 3.63) is 16.4 Å². The minimum absolute atomic E-state index is 0.285. The molecule has 0 amide bonds. The van der Waals surface area contributed by atoms with Crippen molar-refractivity contribution in [3.63, 3.8) is 0 Å². The van der Waals surface area contributed by atoms with Gasteiger partial charge in [-0.1, -0.05) is 18.5 Å². The molecule has 0 saturated carbocycles. The molecule has 0 spiro atoms. The van der Waals surface area contributed by atoms with Crippen LogP contribution in [0.1, 0.15) is 37.6 Å². The average Bonchev–Trinajstić information content (AvgIpc) is 2.60. The minimum atomic E-state index is 0.285. The van der Waals surface area contributed by atoms with Gasteiger partial charge in [-0.2, -0.15) is 5.10 Å². The number of aliphatic hydroxyl groups is 1. The summed E-state index contributed by atoms with van der Waals surface area (Å²) in [5.74, 6) is 0. The molecule has 0 radical (unpaired) electrons. The van der Waals surface area contributed by atoms with Gasteiger partial charge < -0.3 is 10.4 Å². The van der Waals surface area contributed by atoms with E-state index >= 15 is 0 Å². The highest BCUT2D eigenvalue weighted by Crippen LogP contribution is 2.20. The fourth-order valence-electron chi connectivity index (χ4n) is 1.76. The molecule has 0 aliphatic heterocycles. The van der Waals surface area contributed by atoms with Crippen LogP contribution in [0.25, 0.3) is 0 Å². The van der Waals surface area contributed by atoms with Crippen LogP contribution in [0.2, 0.25) is 5.02 Å². The topological polar surface area (TPSA) is 50.1 Å². The van der Waals surface area contributed by atoms with Crippen molar-refractivity contribution in [1.29, 1.82) is 0 Å². The third kappa shape index (κ3) is 4.30. The van der Waals surface area contributed by atoms with Gasteiger partial charge in [0.05, 0.1) is 16.4 Å². The van der Waals surface area contributed by atoms with E-state index in [9.17, 15) is 0 Å². The molecule has 4 nitrogen and oxygen atoms in total. The molecule has 0 fully saturated rings. The number of halogens is 1. The molecular weight excluding hydrogens is 238 g/mol. The number of unbranched alkanes of at least 4 members (excludes halogenated alkanes) is 2. The van der Waals surface area contributed by atoms with E-state index in [1.54, 1.807) is 0 Å². The molecule has 0 unspecified atom stereocenters. The van der Waals surface area contributed by atoms with Crippen molar-refractivity contribution in [2.45, 2.75) is 39.2 Å². The lowest BCUT2D eigenvalue weighted by Crippen LogP contribution is -2.17. The first-order valence-electron chi connectivity index (χ1n) is 6.22. The smallest absolute Gasteiger partial charge is 0.0863 e. The maximum absolute atomic E-state index is 8.65. The Balaban J connectivity index is 2.34. The zero-order valence-corrected chi connectivity index (χ0v) is 11.4. The Morgan fingerprint density at radius 1 is 1.35 bits per heavy atom. The predicted octanol–water partition coefficient (Wildman–Crippen LogP) is 1.89. The molecule has 0 atom stereocenters. The monoisotopic (exact) mass is 259 g/mol. The summed E-state index contributed by atoms with van der Waals surface area (Å²) in [6.07, 6.45) is 3.89. The van der Waals surface area contributed by atoms with Crippen LogP contribution >= 0.6 is 11.6 Å². The first-order valence-corrected chi connectivity index (χ1v) is 6.60. The molecule has 0 aliphatic rings. The second-order valence-electron chi connectivity index (χ2n) is 4.15. The van der Waals surface area contributed by atoms with Crippen LogP contribution < -0.4 is 5.32 Å². The normalized spacial score (nSPS) is 11.1. The Morgan fingerprint density at radius 3 is 2.71 bits per heavy atom. The van der Waals surface area contributed by atoms with E-state index in [-0.39, 0.29) is 6.61 Å². The number of aromatic nitrogens is 2. The largest absolute Gasteiger partial charge is 0.396 e. The Bertz CT molecular complexity index is 339.